The number of thiazole rings is 1. The number of nitrogens with zero attached hydrogens (tertiary/aromatic N) is 1. The summed E-state index contributed by atoms with van der Waals surface area (Å²) in [5, 5.41) is 5.19. The first-order valence-corrected chi connectivity index (χ1v) is 10.4. The maximum atomic E-state index is 12.4. The topological polar surface area (TPSA) is 69.7 Å². The van der Waals surface area contributed by atoms with Gasteiger partial charge in [0.05, 0.1) is 19.9 Å². The van der Waals surface area contributed by atoms with Gasteiger partial charge in [-0.05, 0) is 35.2 Å². The van der Waals surface area contributed by atoms with Gasteiger partial charge in [0.2, 0.25) is 0 Å². The summed E-state index contributed by atoms with van der Waals surface area (Å²) >= 11 is 1.35. The van der Waals surface area contributed by atoms with Crippen LogP contribution in [-0.2, 0) is 10.2 Å². The van der Waals surface area contributed by atoms with Gasteiger partial charge in [-0.15, -0.1) is 11.3 Å². The van der Waals surface area contributed by atoms with E-state index in [1.165, 1.54) is 11.3 Å². The molecule has 30 heavy (non-hydrogen) atoms. The molecule has 0 aliphatic carbocycles. The Labute approximate surface area is 180 Å². The number of amides is 1. The molecule has 1 amide bonds. The van der Waals surface area contributed by atoms with Crippen molar-refractivity contribution in [3.63, 3.8) is 0 Å². The Balaban J connectivity index is 1.65. The number of carbonyl (C=O) groups is 1. The molecule has 158 valence electrons. The van der Waals surface area contributed by atoms with Crippen molar-refractivity contribution in [3.8, 4) is 28.5 Å². The molecule has 0 aliphatic heterocycles. The van der Waals surface area contributed by atoms with Gasteiger partial charge in [-0.2, -0.15) is 0 Å². The fraction of sp³-hybridized carbons (Fsp3) is 0.304. The van der Waals surface area contributed by atoms with E-state index in [2.05, 4.69) is 31.1 Å². The fourth-order valence-electron chi connectivity index (χ4n) is 2.97. The lowest BCUT2D eigenvalue weighted by molar-refractivity contribution is -0.118. The van der Waals surface area contributed by atoms with E-state index in [1.54, 1.807) is 14.2 Å². The van der Waals surface area contributed by atoms with Crippen molar-refractivity contribution in [2.24, 2.45) is 0 Å². The van der Waals surface area contributed by atoms with E-state index in [0.29, 0.717) is 22.4 Å². The minimum absolute atomic E-state index is 0.0727. The summed E-state index contributed by atoms with van der Waals surface area (Å²) in [5.74, 6) is 1.73. The molecule has 0 aliphatic rings. The van der Waals surface area contributed by atoms with Gasteiger partial charge in [-0.3, -0.25) is 10.1 Å². The zero-order valence-electron chi connectivity index (χ0n) is 17.8. The fourth-order valence-corrected chi connectivity index (χ4v) is 3.71. The predicted molar refractivity (Wildman–Crippen MR) is 120 cm³/mol. The Morgan fingerprint density at radius 2 is 1.77 bits per heavy atom. The van der Waals surface area contributed by atoms with E-state index >= 15 is 0 Å². The third-order valence-electron chi connectivity index (χ3n) is 4.48. The number of hydrogen-bond acceptors (Lipinski definition) is 6. The highest BCUT2D eigenvalue weighted by Gasteiger charge is 2.19. The average Bonchev–Trinajstić information content (AvgIpc) is 3.19. The molecule has 0 fully saturated rings. The zero-order valence-corrected chi connectivity index (χ0v) is 18.6. The van der Waals surface area contributed by atoms with E-state index in [4.69, 9.17) is 14.2 Å². The molecule has 0 spiro atoms. The molecule has 6 nitrogen and oxygen atoms in total. The van der Waals surface area contributed by atoms with Gasteiger partial charge in [-0.25, -0.2) is 4.98 Å². The van der Waals surface area contributed by atoms with Crippen molar-refractivity contribution in [2.75, 3.05) is 26.1 Å². The first kappa shape index (κ1) is 21.6. The Hall–Kier alpha value is -3.06. The molecular weight excluding hydrogens is 400 g/mol. The highest BCUT2D eigenvalue weighted by atomic mass is 32.1. The van der Waals surface area contributed by atoms with Crippen LogP contribution in [0, 0.1) is 0 Å². The molecule has 3 rings (SSSR count). The number of aromatic nitrogens is 1. The third-order valence-corrected chi connectivity index (χ3v) is 5.24. The maximum Gasteiger partial charge on any atom is 0.264 e. The second-order valence-electron chi connectivity index (χ2n) is 7.69. The number of benzene rings is 2. The van der Waals surface area contributed by atoms with Crippen LogP contribution in [0.1, 0.15) is 26.3 Å². The average molecular weight is 427 g/mol. The van der Waals surface area contributed by atoms with E-state index in [-0.39, 0.29) is 17.9 Å². The lowest BCUT2D eigenvalue weighted by Gasteiger charge is -2.22. The van der Waals surface area contributed by atoms with Gasteiger partial charge in [0.25, 0.3) is 5.91 Å². The predicted octanol–water partition coefficient (Wildman–Crippen LogP) is 5.14. The van der Waals surface area contributed by atoms with Crippen LogP contribution < -0.4 is 19.5 Å². The number of ether oxygens (including phenoxy) is 3. The number of hydrogen-bond donors (Lipinski definition) is 1. The minimum atomic E-state index is -0.257. The summed E-state index contributed by atoms with van der Waals surface area (Å²) < 4.78 is 16.4. The molecule has 0 saturated heterocycles. The van der Waals surface area contributed by atoms with Gasteiger partial charge in [0.15, 0.2) is 23.2 Å². The lowest BCUT2D eigenvalue weighted by atomic mass is 9.86. The van der Waals surface area contributed by atoms with E-state index in [1.807, 2.05) is 47.8 Å². The number of para-hydroxylation sites is 1. The number of rotatable bonds is 7. The Morgan fingerprint density at radius 1 is 1.03 bits per heavy atom. The van der Waals surface area contributed by atoms with Gasteiger partial charge in [0, 0.05) is 10.9 Å². The summed E-state index contributed by atoms with van der Waals surface area (Å²) in [5.41, 5.74) is 2.61. The van der Waals surface area contributed by atoms with Gasteiger partial charge < -0.3 is 14.2 Å². The van der Waals surface area contributed by atoms with Crippen LogP contribution in [0.2, 0.25) is 0 Å². The summed E-state index contributed by atoms with van der Waals surface area (Å²) in [7, 11) is 3.18. The molecule has 1 heterocycles. The van der Waals surface area contributed by atoms with Crippen LogP contribution in [0.3, 0.4) is 0 Å². The van der Waals surface area contributed by atoms with Gasteiger partial charge >= 0.3 is 0 Å². The number of carbonyl (C=O) groups excluding carboxylic acids is 1. The summed E-state index contributed by atoms with van der Waals surface area (Å²) in [6, 6.07) is 13.3. The van der Waals surface area contributed by atoms with Crippen molar-refractivity contribution < 1.29 is 19.0 Å². The van der Waals surface area contributed by atoms with Crippen LogP contribution in [0.15, 0.2) is 47.8 Å². The number of anilines is 1. The van der Waals surface area contributed by atoms with E-state index in [0.717, 1.165) is 16.8 Å². The molecule has 1 N–H and O–H groups in total. The van der Waals surface area contributed by atoms with Crippen molar-refractivity contribution >= 4 is 22.4 Å². The molecule has 0 bridgehead atoms. The molecular formula is C23H26N2O4S. The standard InChI is InChI=1S/C23H26N2O4S/c1-23(2,3)16-8-6-7-9-18(16)29-13-21(26)25-22-24-17(14-30-22)15-10-11-19(27-4)20(12-15)28-5/h6-12,14H,13H2,1-5H3,(H,24,25,26). The van der Waals surface area contributed by atoms with Crippen LogP contribution in [0.5, 0.6) is 17.2 Å². The van der Waals surface area contributed by atoms with Crippen molar-refractivity contribution in [2.45, 2.75) is 26.2 Å². The molecule has 0 saturated carbocycles. The highest BCUT2D eigenvalue weighted by Crippen LogP contribution is 2.34. The highest BCUT2D eigenvalue weighted by molar-refractivity contribution is 7.14. The Morgan fingerprint density at radius 3 is 2.47 bits per heavy atom. The second kappa shape index (κ2) is 9.17. The van der Waals surface area contributed by atoms with Gasteiger partial charge in [0.1, 0.15) is 5.75 Å². The van der Waals surface area contributed by atoms with Crippen molar-refractivity contribution in [1.29, 1.82) is 0 Å². The molecule has 2 aromatic carbocycles. The van der Waals surface area contributed by atoms with Gasteiger partial charge in [-0.1, -0.05) is 39.0 Å². The Kier molecular flexibility index (Phi) is 6.62. The third kappa shape index (κ3) is 5.10. The number of nitrogens with one attached hydrogen (secondary N) is 1. The summed E-state index contributed by atoms with van der Waals surface area (Å²) in [4.78, 5) is 16.9. The van der Waals surface area contributed by atoms with Crippen LogP contribution in [0.25, 0.3) is 11.3 Å². The van der Waals surface area contributed by atoms with Crippen LogP contribution in [-0.4, -0.2) is 31.7 Å². The minimum Gasteiger partial charge on any atom is -0.493 e. The van der Waals surface area contributed by atoms with E-state index in [9.17, 15) is 4.79 Å². The smallest absolute Gasteiger partial charge is 0.264 e. The summed E-state index contributed by atoms with van der Waals surface area (Å²) in [6.45, 7) is 6.25. The Bertz CT molecular complexity index is 1020. The maximum absolute atomic E-state index is 12.4. The molecule has 7 heteroatoms. The molecule has 0 atom stereocenters. The molecule has 3 aromatic rings. The van der Waals surface area contributed by atoms with Crippen LogP contribution in [0.4, 0.5) is 5.13 Å². The molecule has 1 aromatic heterocycles. The largest absolute Gasteiger partial charge is 0.493 e. The number of methoxy groups -OCH3 is 2. The SMILES string of the molecule is COc1ccc(-c2csc(NC(=O)COc3ccccc3C(C)(C)C)n2)cc1OC. The van der Waals surface area contributed by atoms with Crippen molar-refractivity contribution in [1.82, 2.24) is 4.98 Å². The quantitative estimate of drug-likeness (QED) is 0.566. The lowest BCUT2D eigenvalue weighted by Crippen LogP contribution is -2.21. The zero-order chi connectivity index (χ0) is 21.7. The second-order valence-corrected chi connectivity index (χ2v) is 8.55. The normalized spacial score (nSPS) is 11.1. The first-order valence-electron chi connectivity index (χ1n) is 9.52. The van der Waals surface area contributed by atoms with Crippen molar-refractivity contribution in [3.05, 3.63) is 53.4 Å². The molecule has 0 radical (unpaired) electrons. The van der Waals surface area contributed by atoms with E-state index < -0.39 is 0 Å². The monoisotopic (exact) mass is 426 g/mol. The van der Waals surface area contributed by atoms with Crippen LogP contribution >= 0.6 is 11.3 Å². The molecule has 0 unspecified atom stereocenters. The first-order chi connectivity index (χ1) is 14.3. The summed E-state index contributed by atoms with van der Waals surface area (Å²) in [6.07, 6.45) is 0.